The van der Waals surface area contributed by atoms with Gasteiger partial charge in [-0.3, -0.25) is 4.90 Å². The highest BCUT2D eigenvalue weighted by molar-refractivity contribution is 5.31. The monoisotopic (exact) mass is 321 g/mol. The Kier molecular flexibility index (Phi) is 7.24. The molecule has 24 heavy (non-hydrogen) atoms. The van der Waals surface area contributed by atoms with Crippen molar-refractivity contribution < 1.29 is 0 Å². The van der Waals surface area contributed by atoms with Crippen molar-refractivity contribution in [2.75, 3.05) is 32.7 Å². The first-order valence-corrected chi connectivity index (χ1v) is 8.45. The van der Waals surface area contributed by atoms with E-state index in [-0.39, 0.29) is 5.92 Å². The Bertz CT molecular complexity index is 632. The molecule has 0 bridgehead atoms. The van der Waals surface area contributed by atoms with Crippen molar-refractivity contribution in [1.29, 1.82) is 15.8 Å². The molecule has 1 saturated heterocycles. The number of nitrogens with zero attached hydrogens (tertiary/aromatic N) is 5. The molecule has 2 rings (SSSR count). The standard InChI is InChI=1S/C19H23N5/c20-8-1-3-19(14-22)16-24-10-2-9-23(11-12-24)15-18-6-4-17(13-21)5-7-18/h4-7,19H,1-3,9-12,15-16H2. The maximum absolute atomic E-state index is 9.22. The van der Waals surface area contributed by atoms with Crippen LogP contribution >= 0.6 is 0 Å². The summed E-state index contributed by atoms with van der Waals surface area (Å²) in [5.74, 6) is -0.0465. The van der Waals surface area contributed by atoms with Gasteiger partial charge >= 0.3 is 0 Å². The van der Waals surface area contributed by atoms with Crippen LogP contribution in [-0.2, 0) is 6.54 Å². The van der Waals surface area contributed by atoms with Crippen LogP contribution in [-0.4, -0.2) is 42.5 Å². The van der Waals surface area contributed by atoms with E-state index < -0.39 is 0 Å². The van der Waals surface area contributed by atoms with Gasteiger partial charge in [-0.25, -0.2) is 0 Å². The van der Waals surface area contributed by atoms with Crippen molar-refractivity contribution in [2.24, 2.45) is 5.92 Å². The lowest BCUT2D eigenvalue weighted by Gasteiger charge is -2.23. The lowest BCUT2D eigenvalue weighted by atomic mass is 10.0. The zero-order chi connectivity index (χ0) is 17.2. The van der Waals surface area contributed by atoms with Crippen molar-refractivity contribution in [1.82, 2.24) is 9.80 Å². The fourth-order valence-corrected chi connectivity index (χ4v) is 3.06. The van der Waals surface area contributed by atoms with Crippen molar-refractivity contribution in [2.45, 2.75) is 25.8 Å². The molecular weight excluding hydrogens is 298 g/mol. The summed E-state index contributed by atoms with van der Waals surface area (Å²) in [6, 6.07) is 14.4. The van der Waals surface area contributed by atoms with Gasteiger partial charge in [0.05, 0.1) is 29.7 Å². The Balaban J connectivity index is 1.82. The van der Waals surface area contributed by atoms with E-state index in [0.717, 1.165) is 45.7 Å². The molecule has 1 heterocycles. The van der Waals surface area contributed by atoms with Crippen LogP contribution < -0.4 is 0 Å². The number of hydrogen-bond donors (Lipinski definition) is 0. The SMILES string of the molecule is N#CCCC(C#N)CN1CCCN(Cc2ccc(C#N)cc2)CC1. The largest absolute Gasteiger partial charge is 0.301 e. The van der Waals surface area contributed by atoms with Crippen molar-refractivity contribution >= 4 is 0 Å². The van der Waals surface area contributed by atoms with Crippen LogP contribution in [0.5, 0.6) is 0 Å². The number of nitriles is 3. The van der Waals surface area contributed by atoms with Gasteiger partial charge in [0, 0.05) is 32.6 Å². The molecule has 0 amide bonds. The summed E-state index contributed by atoms with van der Waals surface area (Å²) >= 11 is 0. The lowest BCUT2D eigenvalue weighted by Crippen LogP contribution is -2.33. The summed E-state index contributed by atoms with van der Waals surface area (Å²) in [7, 11) is 0. The first-order valence-electron chi connectivity index (χ1n) is 8.45. The normalized spacial score (nSPS) is 17.2. The van der Waals surface area contributed by atoms with E-state index in [1.807, 2.05) is 24.3 Å². The summed E-state index contributed by atoms with van der Waals surface area (Å²) in [6.45, 7) is 5.66. The summed E-state index contributed by atoms with van der Waals surface area (Å²) in [4.78, 5) is 4.78. The van der Waals surface area contributed by atoms with E-state index in [9.17, 15) is 5.26 Å². The first kappa shape index (κ1) is 18.0. The molecular formula is C19H23N5. The first-order chi connectivity index (χ1) is 11.7. The van der Waals surface area contributed by atoms with Gasteiger partial charge in [0.15, 0.2) is 0 Å². The van der Waals surface area contributed by atoms with Crippen LogP contribution in [0, 0.1) is 39.9 Å². The Labute approximate surface area is 144 Å². The van der Waals surface area contributed by atoms with Crippen LogP contribution in [0.1, 0.15) is 30.4 Å². The summed E-state index contributed by atoms with van der Waals surface area (Å²) in [5.41, 5.74) is 1.92. The number of rotatable bonds is 6. The highest BCUT2D eigenvalue weighted by Gasteiger charge is 2.18. The predicted octanol–water partition coefficient (Wildman–Crippen LogP) is 2.51. The van der Waals surface area contributed by atoms with E-state index in [4.69, 9.17) is 10.5 Å². The van der Waals surface area contributed by atoms with E-state index in [1.165, 1.54) is 5.56 Å². The number of hydrogen-bond acceptors (Lipinski definition) is 5. The van der Waals surface area contributed by atoms with Crippen molar-refractivity contribution in [3.63, 3.8) is 0 Å². The Hall–Kier alpha value is -2.39. The molecule has 0 saturated carbocycles. The van der Waals surface area contributed by atoms with Gasteiger partial charge in [-0.2, -0.15) is 15.8 Å². The second-order valence-electron chi connectivity index (χ2n) is 6.26. The summed E-state index contributed by atoms with van der Waals surface area (Å²) in [6.07, 6.45) is 2.21. The fourth-order valence-electron chi connectivity index (χ4n) is 3.06. The fraction of sp³-hybridized carbons (Fsp3) is 0.526. The Morgan fingerprint density at radius 3 is 2.33 bits per heavy atom. The van der Waals surface area contributed by atoms with Crippen LogP contribution in [0.15, 0.2) is 24.3 Å². The van der Waals surface area contributed by atoms with E-state index >= 15 is 0 Å². The minimum Gasteiger partial charge on any atom is -0.301 e. The third kappa shape index (κ3) is 5.67. The summed E-state index contributed by atoms with van der Waals surface area (Å²) < 4.78 is 0. The minimum atomic E-state index is -0.0465. The van der Waals surface area contributed by atoms with Crippen molar-refractivity contribution in [3.8, 4) is 18.2 Å². The third-order valence-electron chi connectivity index (χ3n) is 4.44. The molecule has 1 aromatic rings. The lowest BCUT2D eigenvalue weighted by molar-refractivity contribution is 0.236. The second-order valence-corrected chi connectivity index (χ2v) is 6.26. The van der Waals surface area contributed by atoms with Crippen LogP contribution in [0.4, 0.5) is 0 Å². The molecule has 1 unspecified atom stereocenters. The number of benzene rings is 1. The Morgan fingerprint density at radius 1 is 0.958 bits per heavy atom. The molecule has 5 nitrogen and oxygen atoms in total. The topological polar surface area (TPSA) is 77.8 Å². The van der Waals surface area contributed by atoms with E-state index in [2.05, 4.69) is 28.0 Å². The minimum absolute atomic E-state index is 0.0465. The molecule has 1 aromatic carbocycles. The van der Waals surface area contributed by atoms with Crippen LogP contribution in [0.2, 0.25) is 0 Å². The van der Waals surface area contributed by atoms with Gasteiger partial charge in [-0.05, 0) is 43.6 Å². The molecule has 0 aromatic heterocycles. The Morgan fingerprint density at radius 2 is 1.67 bits per heavy atom. The molecule has 1 atom stereocenters. The molecule has 1 aliphatic heterocycles. The predicted molar refractivity (Wildman–Crippen MR) is 91.4 cm³/mol. The second kappa shape index (κ2) is 9.68. The molecule has 1 aliphatic rings. The molecule has 124 valence electrons. The molecule has 0 N–H and O–H groups in total. The maximum Gasteiger partial charge on any atom is 0.0991 e. The zero-order valence-electron chi connectivity index (χ0n) is 14.0. The van der Waals surface area contributed by atoms with Crippen LogP contribution in [0.3, 0.4) is 0 Å². The molecule has 1 fully saturated rings. The molecule has 5 heteroatoms. The highest BCUT2D eigenvalue weighted by atomic mass is 15.2. The zero-order valence-corrected chi connectivity index (χ0v) is 14.0. The quantitative estimate of drug-likeness (QED) is 0.804. The van der Waals surface area contributed by atoms with Gasteiger partial charge in [0.25, 0.3) is 0 Å². The molecule has 0 spiro atoms. The third-order valence-corrected chi connectivity index (χ3v) is 4.44. The molecule has 0 radical (unpaired) electrons. The van der Waals surface area contributed by atoms with Gasteiger partial charge in [0.1, 0.15) is 0 Å². The van der Waals surface area contributed by atoms with Crippen LogP contribution in [0.25, 0.3) is 0 Å². The van der Waals surface area contributed by atoms with Gasteiger partial charge in [-0.15, -0.1) is 0 Å². The highest BCUT2D eigenvalue weighted by Crippen LogP contribution is 2.13. The van der Waals surface area contributed by atoms with Crippen molar-refractivity contribution in [3.05, 3.63) is 35.4 Å². The van der Waals surface area contributed by atoms with Gasteiger partial charge < -0.3 is 4.90 Å². The van der Waals surface area contributed by atoms with Gasteiger partial charge in [-0.1, -0.05) is 12.1 Å². The summed E-state index contributed by atoms with van der Waals surface area (Å²) in [5, 5.41) is 26.8. The van der Waals surface area contributed by atoms with E-state index in [1.54, 1.807) is 0 Å². The molecule has 0 aliphatic carbocycles. The maximum atomic E-state index is 9.22. The average Bonchev–Trinajstić information content (AvgIpc) is 2.84. The van der Waals surface area contributed by atoms with E-state index in [0.29, 0.717) is 18.4 Å². The van der Waals surface area contributed by atoms with Gasteiger partial charge in [0.2, 0.25) is 0 Å². The smallest absolute Gasteiger partial charge is 0.0991 e. The average molecular weight is 321 g/mol.